The summed E-state index contributed by atoms with van der Waals surface area (Å²) in [6.45, 7) is 6.35. The van der Waals surface area contributed by atoms with Crippen molar-refractivity contribution in [3.05, 3.63) is 34.9 Å². The summed E-state index contributed by atoms with van der Waals surface area (Å²) in [6.07, 6.45) is 2.12. The first kappa shape index (κ1) is 12.5. The molecule has 15 heavy (non-hydrogen) atoms. The van der Waals surface area contributed by atoms with Crippen molar-refractivity contribution < 1.29 is 0 Å². The Morgan fingerprint density at radius 2 is 1.80 bits per heavy atom. The number of hydrogen-bond donors (Lipinski definition) is 1. The molecular formula is C13H20ClN. The Kier molecular flexibility index (Phi) is 4.18. The van der Waals surface area contributed by atoms with E-state index in [1.165, 1.54) is 5.56 Å². The van der Waals surface area contributed by atoms with Gasteiger partial charge >= 0.3 is 0 Å². The number of benzene rings is 1. The number of halogens is 1. The van der Waals surface area contributed by atoms with Crippen LogP contribution in [0.5, 0.6) is 0 Å². The predicted molar refractivity (Wildman–Crippen MR) is 67.4 cm³/mol. The molecule has 0 saturated heterocycles. The van der Waals surface area contributed by atoms with Crippen LogP contribution in [0.3, 0.4) is 0 Å². The lowest BCUT2D eigenvalue weighted by Crippen LogP contribution is -2.33. The van der Waals surface area contributed by atoms with E-state index in [-0.39, 0.29) is 5.54 Å². The first-order valence-electron chi connectivity index (χ1n) is 5.46. The highest BCUT2D eigenvalue weighted by Gasteiger charge is 2.18. The van der Waals surface area contributed by atoms with Crippen LogP contribution in [-0.4, -0.2) is 5.54 Å². The zero-order valence-corrected chi connectivity index (χ0v) is 10.5. The molecule has 0 saturated carbocycles. The fourth-order valence-electron chi connectivity index (χ4n) is 1.87. The van der Waals surface area contributed by atoms with Gasteiger partial charge in [-0.2, -0.15) is 0 Å². The summed E-state index contributed by atoms with van der Waals surface area (Å²) < 4.78 is 0. The van der Waals surface area contributed by atoms with Crippen molar-refractivity contribution in [3.8, 4) is 0 Å². The second kappa shape index (κ2) is 5.00. The summed E-state index contributed by atoms with van der Waals surface area (Å²) in [5.41, 5.74) is 7.28. The van der Waals surface area contributed by atoms with Crippen LogP contribution >= 0.6 is 11.6 Å². The smallest absolute Gasteiger partial charge is 0.0406 e. The van der Waals surface area contributed by atoms with E-state index in [1.54, 1.807) is 0 Å². The van der Waals surface area contributed by atoms with Gasteiger partial charge in [-0.1, -0.05) is 30.7 Å². The van der Waals surface area contributed by atoms with Gasteiger partial charge < -0.3 is 5.73 Å². The van der Waals surface area contributed by atoms with Gasteiger partial charge in [0.25, 0.3) is 0 Å². The van der Waals surface area contributed by atoms with Gasteiger partial charge in [-0.15, -0.1) is 0 Å². The van der Waals surface area contributed by atoms with Crippen molar-refractivity contribution in [2.24, 2.45) is 5.73 Å². The van der Waals surface area contributed by atoms with Crippen LogP contribution in [0.25, 0.3) is 0 Å². The topological polar surface area (TPSA) is 26.0 Å². The zero-order valence-electron chi connectivity index (χ0n) is 9.76. The molecule has 0 aliphatic carbocycles. The molecule has 0 amide bonds. The maximum Gasteiger partial charge on any atom is 0.0406 e. The fourth-order valence-corrected chi connectivity index (χ4v) is 1.99. The maximum atomic E-state index is 6.05. The van der Waals surface area contributed by atoms with Gasteiger partial charge in [-0.05, 0) is 50.3 Å². The molecule has 1 rings (SSSR count). The fraction of sp³-hybridized carbons (Fsp3) is 0.538. The van der Waals surface area contributed by atoms with Crippen LogP contribution < -0.4 is 5.73 Å². The first-order valence-corrected chi connectivity index (χ1v) is 5.84. The van der Waals surface area contributed by atoms with Gasteiger partial charge in [0, 0.05) is 10.6 Å². The summed E-state index contributed by atoms with van der Waals surface area (Å²) >= 11 is 5.87. The predicted octanol–water partition coefficient (Wildman–Crippen LogP) is 3.96. The van der Waals surface area contributed by atoms with E-state index in [0.29, 0.717) is 5.92 Å². The van der Waals surface area contributed by atoms with E-state index in [4.69, 9.17) is 17.3 Å². The molecule has 2 N–H and O–H groups in total. The Morgan fingerprint density at radius 1 is 1.27 bits per heavy atom. The third-order valence-corrected chi connectivity index (χ3v) is 2.86. The van der Waals surface area contributed by atoms with Crippen LogP contribution in [0.1, 0.15) is 45.1 Å². The Hall–Kier alpha value is -0.530. The van der Waals surface area contributed by atoms with Crippen molar-refractivity contribution >= 4 is 11.6 Å². The van der Waals surface area contributed by atoms with Gasteiger partial charge in [-0.3, -0.25) is 0 Å². The van der Waals surface area contributed by atoms with Crippen molar-refractivity contribution in [2.45, 2.75) is 45.1 Å². The Morgan fingerprint density at radius 3 is 2.20 bits per heavy atom. The minimum atomic E-state index is -0.111. The number of nitrogens with two attached hydrogens (primary N) is 1. The zero-order chi connectivity index (χ0) is 11.5. The minimum absolute atomic E-state index is 0.111. The first-order chi connectivity index (χ1) is 6.92. The van der Waals surface area contributed by atoms with Crippen molar-refractivity contribution in [2.75, 3.05) is 0 Å². The molecule has 0 aromatic heterocycles. The summed E-state index contributed by atoms with van der Waals surface area (Å²) in [4.78, 5) is 0. The standard InChI is InChI=1S/C13H20ClN/c1-4-10(9-13(2,3)15)11-5-7-12(14)8-6-11/h5-8,10H,4,9,15H2,1-3H3. The lowest BCUT2D eigenvalue weighted by molar-refractivity contribution is 0.417. The highest BCUT2D eigenvalue weighted by molar-refractivity contribution is 6.30. The largest absolute Gasteiger partial charge is 0.326 e. The molecule has 0 aliphatic heterocycles. The van der Waals surface area contributed by atoms with Crippen LogP contribution in [0.2, 0.25) is 5.02 Å². The molecule has 1 unspecified atom stereocenters. The molecule has 0 heterocycles. The van der Waals surface area contributed by atoms with E-state index >= 15 is 0 Å². The molecule has 0 fully saturated rings. The van der Waals surface area contributed by atoms with Crippen molar-refractivity contribution in [3.63, 3.8) is 0 Å². The molecule has 1 aromatic carbocycles. The van der Waals surface area contributed by atoms with Gasteiger partial charge in [0.15, 0.2) is 0 Å². The van der Waals surface area contributed by atoms with E-state index in [2.05, 4.69) is 32.9 Å². The minimum Gasteiger partial charge on any atom is -0.326 e. The van der Waals surface area contributed by atoms with Gasteiger partial charge in [0.05, 0.1) is 0 Å². The maximum absolute atomic E-state index is 6.05. The summed E-state index contributed by atoms with van der Waals surface area (Å²) in [5.74, 6) is 0.530. The van der Waals surface area contributed by atoms with Crippen molar-refractivity contribution in [1.29, 1.82) is 0 Å². The second-order valence-electron chi connectivity index (χ2n) is 4.85. The molecule has 0 spiro atoms. The summed E-state index contributed by atoms with van der Waals surface area (Å²) in [6, 6.07) is 8.09. The molecule has 0 radical (unpaired) electrons. The molecule has 84 valence electrons. The van der Waals surface area contributed by atoms with Crippen LogP contribution in [0, 0.1) is 0 Å². The van der Waals surface area contributed by atoms with Crippen LogP contribution in [0.15, 0.2) is 24.3 Å². The lowest BCUT2D eigenvalue weighted by Gasteiger charge is -2.25. The number of rotatable bonds is 4. The van der Waals surface area contributed by atoms with E-state index < -0.39 is 0 Å². The summed E-state index contributed by atoms with van der Waals surface area (Å²) in [5, 5.41) is 0.792. The molecule has 1 nitrogen and oxygen atoms in total. The Balaban J connectivity index is 2.79. The molecule has 0 bridgehead atoms. The lowest BCUT2D eigenvalue weighted by atomic mass is 9.85. The van der Waals surface area contributed by atoms with Crippen molar-refractivity contribution in [1.82, 2.24) is 0 Å². The highest BCUT2D eigenvalue weighted by atomic mass is 35.5. The highest BCUT2D eigenvalue weighted by Crippen LogP contribution is 2.28. The molecule has 1 aromatic rings. The molecule has 2 heteroatoms. The normalized spacial score (nSPS) is 13.9. The average Bonchev–Trinajstić information content (AvgIpc) is 2.14. The molecule has 1 atom stereocenters. The number of hydrogen-bond acceptors (Lipinski definition) is 1. The van der Waals surface area contributed by atoms with Crippen LogP contribution in [-0.2, 0) is 0 Å². The SMILES string of the molecule is CCC(CC(C)(C)N)c1ccc(Cl)cc1. The third kappa shape index (κ3) is 4.23. The Bertz CT molecular complexity index is 297. The average molecular weight is 226 g/mol. The van der Waals surface area contributed by atoms with Gasteiger partial charge in [0.1, 0.15) is 0 Å². The summed E-state index contributed by atoms with van der Waals surface area (Å²) in [7, 11) is 0. The van der Waals surface area contributed by atoms with E-state index in [0.717, 1.165) is 17.9 Å². The van der Waals surface area contributed by atoms with Gasteiger partial charge in [-0.25, -0.2) is 0 Å². The third-order valence-electron chi connectivity index (χ3n) is 2.61. The molecular weight excluding hydrogens is 206 g/mol. The van der Waals surface area contributed by atoms with Gasteiger partial charge in [0.2, 0.25) is 0 Å². The Labute approximate surface area is 97.6 Å². The monoisotopic (exact) mass is 225 g/mol. The van der Waals surface area contributed by atoms with E-state index in [9.17, 15) is 0 Å². The van der Waals surface area contributed by atoms with Crippen LogP contribution in [0.4, 0.5) is 0 Å². The van der Waals surface area contributed by atoms with E-state index in [1.807, 2.05) is 12.1 Å². The second-order valence-corrected chi connectivity index (χ2v) is 5.29. The quantitative estimate of drug-likeness (QED) is 0.825. The molecule has 0 aliphatic rings.